The lowest BCUT2D eigenvalue weighted by atomic mass is 9.86. The Balaban J connectivity index is 1.92. The third-order valence-electron chi connectivity index (χ3n) is 4.69. The Labute approximate surface area is 119 Å². The molecule has 3 N–H and O–H groups in total. The van der Waals surface area contributed by atoms with Crippen LogP contribution in [0, 0.1) is 5.41 Å². The first-order chi connectivity index (χ1) is 9.59. The molecule has 0 radical (unpaired) electrons. The summed E-state index contributed by atoms with van der Waals surface area (Å²) in [6.45, 7) is 0.796. The van der Waals surface area contributed by atoms with Crippen molar-refractivity contribution in [3.8, 4) is 0 Å². The van der Waals surface area contributed by atoms with E-state index in [9.17, 15) is 19.8 Å². The van der Waals surface area contributed by atoms with Crippen molar-refractivity contribution < 1.29 is 19.8 Å². The maximum atomic E-state index is 12.2. The largest absolute Gasteiger partial charge is 0.481 e. The number of aliphatic hydroxyl groups is 1. The zero-order valence-electron chi connectivity index (χ0n) is 11.8. The van der Waals surface area contributed by atoms with Gasteiger partial charge in [0.1, 0.15) is 0 Å². The number of carboxylic acids is 1. The lowest BCUT2D eigenvalue weighted by Crippen LogP contribution is -2.52. The number of amides is 2. The maximum absolute atomic E-state index is 12.2. The van der Waals surface area contributed by atoms with Gasteiger partial charge in [-0.05, 0) is 32.1 Å². The molecule has 6 heteroatoms. The normalized spacial score (nSPS) is 25.4. The molecule has 1 aliphatic carbocycles. The Hall–Kier alpha value is -1.30. The summed E-state index contributed by atoms with van der Waals surface area (Å²) in [5, 5.41) is 21.5. The highest BCUT2D eigenvalue weighted by Gasteiger charge is 2.42. The van der Waals surface area contributed by atoms with Crippen LogP contribution in [0.1, 0.15) is 44.9 Å². The highest BCUT2D eigenvalue weighted by Crippen LogP contribution is 2.37. The number of hydrogen-bond acceptors (Lipinski definition) is 3. The Bertz CT molecular complexity index is 366. The van der Waals surface area contributed by atoms with Crippen LogP contribution in [0.25, 0.3) is 0 Å². The van der Waals surface area contributed by atoms with Crippen LogP contribution in [0.5, 0.6) is 0 Å². The number of aliphatic carboxylic acids is 1. The summed E-state index contributed by atoms with van der Waals surface area (Å²) in [4.78, 5) is 25.3. The van der Waals surface area contributed by atoms with Crippen molar-refractivity contribution in [1.82, 2.24) is 10.2 Å². The standard InChI is InChI=1S/C14H24N2O4/c17-9-11-5-1-4-8-16(11)13(20)15-10-14(12(18)19)6-2-3-7-14/h11,17H,1-10H2,(H,15,20)(H,18,19). The molecule has 1 atom stereocenters. The fourth-order valence-corrected chi connectivity index (χ4v) is 3.32. The second-order valence-electron chi connectivity index (χ2n) is 5.98. The van der Waals surface area contributed by atoms with E-state index in [1.54, 1.807) is 4.90 Å². The van der Waals surface area contributed by atoms with Gasteiger partial charge in [-0.1, -0.05) is 12.8 Å². The van der Waals surface area contributed by atoms with Crippen LogP contribution >= 0.6 is 0 Å². The van der Waals surface area contributed by atoms with Crippen LogP contribution in [-0.2, 0) is 4.79 Å². The highest BCUT2D eigenvalue weighted by molar-refractivity contribution is 5.78. The predicted molar refractivity (Wildman–Crippen MR) is 73.4 cm³/mol. The number of carbonyl (C=O) groups excluding carboxylic acids is 1. The molecule has 1 heterocycles. The summed E-state index contributed by atoms with van der Waals surface area (Å²) in [7, 11) is 0. The molecule has 0 aromatic rings. The number of nitrogens with one attached hydrogen (secondary N) is 1. The fourth-order valence-electron chi connectivity index (χ4n) is 3.32. The summed E-state index contributed by atoms with van der Waals surface area (Å²) in [5.41, 5.74) is -0.792. The van der Waals surface area contributed by atoms with Crippen LogP contribution in [0.15, 0.2) is 0 Å². The summed E-state index contributed by atoms with van der Waals surface area (Å²) >= 11 is 0. The summed E-state index contributed by atoms with van der Waals surface area (Å²) in [6.07, 6.45) is 5.85. The monoisotopic (exact) mass is 284 g/mol. The minimum Gasteiger partial charge on any atom is -0.481 e. The van der Waals surface area contributed by atoms with Gasteiger partial charge in [0.25, 0.3) is 0 Å². The third kappa shape index (κ3) is 3.06. The molecule has 1 saturated carbocycles. The summed E-state index contributed by atoms with van der Waals surface area (Å²) in [6, 6.07) is -0.371. The molecule has 0 bridgehead atoms. The molecule has 1 aliphatic heterocycles. The van der Waals surface area contributed by atoms with Gasteiger partial charge in [-0.2, -0.15) is 0 Å². The average molecular weight is 284 g/mol. The zero-order valence-corrected chi connectivity index (χ0v) is 11.8. The molecule has 114 valence electrons. The van der Waals surface area contributed by atoms with E-state index in [-0.39, 0.29) is 25.2 Å². The van der Waals surface area contributed by atoms with Crippen molar-refractivity contribution in [1.29, 1.82) is 0 Å². The number of hydrogen-bond donors (Lipinski definition) is 3. The van der Waals surface area contributed by atoms with Crippen molar-refractivity contribution in [3.63, 3.8) is 0 Å². The van der Waals surface area contributed by atoms with Gasteiger partial charge in [0, 0.05) is 13.1 Å². The lowest BCUT2D eigenvalue weighted by Gasteiger charge is -2.35. The van der Waals surface area contributed by atoms with E-state index in [1.807, 2.05) is 0 Å². The number of rotatable bonds is 4. The maximum Gasteiger partial charge on any atom is 0.317 e. The van der Waals surface area contributed by atoms with E-state index in [0.717, 1.165) is 32.1 Å². The number of urea groups is 1. The van der Waals surface area contributed by atoms with Gasteiger partial charge in [-0.25, -0.2) is 4.79 Å². The molecular formula is C14H24N2O4. The molecule has 0 aromatic carbocycles. The highest BCUT2D eigenvalue weighted by atomic mass is 16.4. The molecule has 20 heavy (non-hydrogen) atoms. The van der Waals surface area contributed by atoms with Gasteiger partial charge in [0.2, 0.25) is 0 Å². The Kier molecular flexibility index (Phi) is 4.86. The van der Waals surface area contributed by atoms with Gasteiger partial charge in [-0.15, -0.1) is 0 Å². The number of likely N-dealkylation sites (tertiary alicyclic amines) is 1. The van der Waals surface area contributed by atoms with E-state index in [4.69, 9.17) is 0 Å². The molecular weight excluding hydrogens is 260 g/mol. The molecule has 0 aromatic heterocycles. The average Bonchev–Trinajstić information content (AvgIpc) is 2.95. The third-order valence-corrected chi connectivity index (χ3v) is 4.69. The van der Waals surface area contributed by atoms with E-state index in [2.05, 4.69) is 5.32 Å². The van der Waals surface area contributed by atoms with E-state index in [0.29, 0.717) is 19.4 Å². The number of nitrogens with zero attached hydrogens (tertiary/aromatic N) is 1. The van der Waals surface area contributed by atoms with Crippen LogP contribution in [-0.4, -0.2) is 52.9 Å². The van der Waals surface area contributed by atoms with Crippen LogP contribution in [0.2, 0.25) is 0 Å². The molecule has 6 nitrogen and oxygen atoms in total. The minimum atomic E-state index is -0.812. The van der Waals surface area contributed by atoms with Crippen LogP contribution < -0.4 is 5.32 Å². The van der Waals surface area contributed by atoms with E-state index >= 15 is 0 Å². The van der Waals surface area contributed by atoms with Gasteiger partial charge in [0.15, 0.2) is 0 Å². The lowest BCUT2D eigenvalue weighted by molar-refractivity contribution is -0.148. The van der Waals surface area contributed by atoms with Crippen molar-refractivity contribution in [3.05, 3.63) is 0 Å². The van der Waals surface area contributed by atoms with Gasteiger partial charge >= 0.3 is 12.0 Å². The minimum absolute atomic E-state index is 0.0303. The number of carboxylic acid groups (broad SMARTS) is 1. The summed E-state index contributed by atoms with van der Waals surface area (Å²) < 4.78 is 0. The SMILES string of the molecule is O=C(NCC1(C(=O)O)CCCC1)N1CCCCC1CO. The molecule has 2 fully saturated rings. The van der Waals surface area contributed by atoms with Crippen molar-refractivity contribution in [2.75, 3.05) is 19.7 Å². The van der Waals surface area contributed by atoms with E-state index in [1.165, 1.54) is 0 Å². The van der Waals surface area contributed by atoms with Gasteiger partial charge < -0.3 is 20.4 Å². The Morgan fingerprint density at radius 2 is 1.90 bits per heavy atom. The second kappa shape index (κ2) is 6.43. The second-order valence-corrected chi connectivity index (χ2v) is 5.98. The van der Waals surface area contributed by atoms with E-state index < -0.39 is 11.4 Å². The van der Waals surface area contributed by atoms with Crippen molar-refractivity contribution >= 4 is 12.0 Å². The smallest absolute Gasteiger partial charge is 0.317 e. The Morgan fingerprint density at radius 1 is 1.20 bits per heavy atom. The molecule has 2 aliphatic rings. The van der Waals surface area contributed by atoms with Crippen LogP contribution in [0.4, 0.5) is 4.79 Å². The fraction of sp³-hybridized carbons (Fsp3) is 0.857. The molecule has 1 unspecified atom stereocenters. The molecule has 2 rings (SSSR count). The van der Waals surface area contributed by atoms with Crippen molar-refractivity contribution in [2.45, 2.75) is 51.0 Å². The summed E-state index contributed by atoms with van der Waals surface area (Å²) in [5.74, 6) is -0.812. The first-order valence-corrected chi connectivity index (χ1v) is 7.48. The number of carbonyl (C=O) groups is 2. The first kappa shape index (κ1) is 15.1. The van der Waals surface area contributed by atoms with Gasteiger partial charge in [0.05, 0.1) is 18.1 Å². The predicted octanol–water partition coefficient (Wildman–Crippen LogP) is 1.19. The first-order valence-electron chi connectivity index (χ1n) is 7.48. The molecule has 2 amide bonds. The molecule has 0 spiro atoms. The topological polar surface area (TPSA) is 89.9 Å². The van der Waals surface area contributed by atoms with Crippen LogP contribution in [0.3, 0.4) is 0 Å². The number of aliphatic hydroxyl groups excluding tert-OH is 1. The zero-order chi connectivity index (χ0) is 14.6. The quantitative estimate of drug-likeness (QED) is 0.723. The van der Waals surface area contributed by atoms with Gasteiger partial charge in [-0.3, -0.25) is 4.79 Å². The number of piperidine rings is 1. The molecule has 1 saturated heterocycles. The Morgan fingerprint density at radius 3 is 2.50 bits per heavy atom. The van der Waals surface area contributed by atoms with Crippen molar-refractivity contribution in [2.24, 2.45) is 5.41 Å².